The number of carboxylic acid groups (broad SMARTS) is 1. The molecule has 0 atom stereocenters. The number of nitrogens with two attached hydrogens (primary N) is 1. The van der Waals surface area contributed by atoms with Gasteiger partial charge in [0.1, 0.15) is 0 Å². The van der Waals surface area contributed by atoms with Gasteiger partial charge in [0.2, 0.25) is 5.91 Å². The highest BCUT2D eigenvalue weighted by Gasteiger charge is 2.12. The molecule has 0 saturated heterocycles. The summed E-state index contributed by atoms with van der Waals surface area (Å²) in [5, 5.41) is 11.5. The predicted octanol–water partition coefficient (Wildman–Crippen LogP) is 1.72. The van der Waals surface area contributed by atoms with Crippen molar-refractivity contribution in [3.63, 3.8) is 0 Å². The number of hydrogen-bond donors (Lipinski definition) is 3. The summed E-state index contributed by atoms with van der Waals surface area (Å²) in [6, 6.07) is 4.26. The van der Waals surface area contributed by atoms with Gasteiger partial charge in [0.25, 0.3) is 0 Å². The normalized spacial score (nSPS) is 10.2. The smallest absolute Gasteiger partial charge is 0.337 e. The van der Waals surface area contributed by atoms with Crippen molar-refractivity contribution in [2.45, 2.75) is 19.8 Å². The van der Waals surface area contributed by atoms with Gasteiger partial charge in [-0.15, -0.1) is 0 Å². The van der Waals surface area contributed by atoms with Crippen molar-refractivity contribution >= 4 is 23.3 Å². The molecule has 4 N–H and O–H groups in total. The Bertz CT molecular complexity index is 460. The maximum absolute atomic E-state index is 11.6. The Kier molecular flexibility index (Phi) is 5.81. The van der Waals surface area contributed by atoms with Gasteiger partial charge in [0.05, 0.1) is 24.3 Å². The Balaban J connectivity index is 2.62. The molecule has 1 aromatic rings. The molecule has 0 spiro atoms. The lowest BCUT2D eigenvalue weighted by atomic mass is 10.1. The van der Waals surface area contributed by atoms with Crippen LogP contribution in [0.1, 0.15) is 30.1 Å². The summed E-state index contributed by atoms with van der Waals surface area (Å²) in [6.07, 6.45) is 1.06. The van der Waals surface area contributed by atoms with E-state index < -0.39 is 5.97 Å². The van der Waals surface area contributed by atoms with Crippen LogP contribution in [0.4, 0.5) is 11.4 Å². The second-order valence-electron chi connectivity index (χ2n) is 4.02. The number of carbonyl (C=O) groups excluding carboxylic acids is 1. The van der Waals surface area contributed by atoms with Crippen LogP contribution in [0.3, 0.4) is 0 Å². The molecule has 6 heteroatoms. The quantitative estimate of drug-likeness (QED) is 0.515. The highest BCUT2D eigenvalue weighted by Crippen LogP contribution is 2.19. The Hall–Kier alpha value is -2.08. The van der Waals surface area contributed by atoms with Gasteiger partial charge in [0, 0.05) is 12.3 Å². The number of ether oxygens (including phenoxy) is 1. The van der Waals surface area contributed by atoms with E-state index >= 15 is 0 Å². The molecule has 19 heavy (non-hydrogen) atoms. The molecule has 1 aromatic carbocycles. The van der Waals surface area contributed by atoms with Crippen LogP contribution in [-0.4, -0.2) is 30.2 Å². The molecule has 0 aliphatic rings. The summed E-state index contributed by atoms with van der Waals surface area (Å²) in [5.41, 5.74) is 6.18. The second kappa shape index (κ2) is 7.38. The van der Waals surface area contributed by atoms with Crippen LogP contribution in [0.15, 0.2) is 18.2 Å². The minimum Gasteiger partial charge on any atom is -0.478 e. The number of amides is 1. The fraction of sp³-hybridized carbons (Fsp3) is 0.385. The van der Waals surface area contributed by atoms with Crippen molar-refractivity contribution in [1.29, 1.82) is 0 Å². The highest BCUT2D eigenvalue weighted by molar-refractivity contribution is 6.01. The SMILES string of the molecule is CCCOCCC(=O)Nc1cc(N)ccc1C(=O)O. The number of carbonyl (C=O) groups is 2. The molecule has 0 aromatic heterocycles. The molecule has 6 nitrogen and oxygen atoms in total. The van der Waals surface area contributed by atoms with Gasteiger partial charge < -0.3 is 20.9 Å². The number of hydrogen-bond acceptors (Lipinski definition) is 4. The van der Waals surface area contributed by atoms with E-state index in [0.717, 1.165) is 6.42 Å². The average Bonchev–Trinajstić information content (AvgIpc) is 2.34. The van der Waals surface area contributed by atoms with Crippen LogP contribution in [-0.2, 0) is 9.53 Å². The number of nitrogens with one attached hydrogen (secondary N) is 1. The first-order valence-electron chi connectivity index (χ1n) is 6.05. The van der Waals surface area contributed by atoms with Gasteiger partial charge in [-0.3, -0.25) is 4.79 Å². The van der Waals surface area contributed by atoms with Gasteiger partial charge in [0.15, 0.2) is 0 Å². The van der Waals surface area contributed by atoms with Gasteiger partial charge in [-0.2, -0.15) is 0 Å². The summed E-state index contributed by atoms with van der Waals surface area (Å²) in [7, 11) is 0. The first kappa shape index (κ1) is 15.0. The van der Waals surface area contributed by atoms with Crippen molar-refractivity contribution in [2.75, 3.05) is 24.3 Å². The van der Waals surface area contributed by atoms with Crippen LogP contribution in [0, 0.1) is 0 Å². The van der Waals surface area contributed by atoms with Gasteiger partial charge in [-0.1, -0.05) is 6.92 Å². The van der Waals surface area contributed by atoms with Crippen molar-refractivity contribution in [3.05, 3.63) is 23.8 Å². The average molecular weight is 266 g/mol. The monoisotopic (exact) mass is 266 g/mol. The lowest BCUT2D eigenvalue weighted by molar-refractivity contribution is -0.117. The van der Waals surface area contributed by atoms with Crippen LogP contribution >= 0.6 is 0 Å². The number of rotatable bonds is 7. The number of nitrogen functional groups attached to an aromatic ring is 1. The predicted molar refractivity (Wildman–Crippen MR) is 72.2 cm³/mol. The van der Waals surface area contributed by atoms with Crippen molar-refractivity contribution in [3.8, 4) is 0 Å². The maximum Gasteiger partial charge on any atom is 0.337 e. The van der Waals surface area contributed by atoms with E-state index in [1.54, 1.807) is 0 Å². The summed E-state index contributed by atoms with van der Waals surface area (Å²) in [6.45, 7) is 2.89. The number of aromatic carboxylic acids is 1. The Labute approximate surface area is 111 Å². The second-order valence-corrected chi connectivity index (χ2v) is 4.02. The number of anilines is 2. The van der Waals surface area contributed by atoms with Crippen molar-refractivity contribution in [2.24, 2.45) is 0 Å². The molecule has 0 heterocycles. The highest BCUT2D eigenvalue weighted by atomic mass is 16.5. The van der Waals surface area contributed by atoms with E-state index in [9.17, 15) is 9.59 Å². The van der Waals surface area contributed by atoms with E-state index in [1.165, 1.54) is 18.2 Å². The van der Waals surface area contributed by atoms with Crippen LogP contribution < -0.4 is 11.1 Å². The summed E-state index contributed by atoms with van der Waals surface area (Å²) in [5.74, 6) is -1.42. The van der Waals surface area contributed by atoms with Crippen molar-refractivity contribution in [1.82, 2.24) is 0 Å². The topological polar surface area (TPSA) is 102 Å². The zero-order valence-electron chi connectivity index (χ0n) is 10.8. The number of carboxylic acids is 1. The molecule has 0 aliphatic carbocycles. The molecule has 0 fully saturated rings. The molecule has 0 bridgehead atoms. The fourth-order valence-corrected chi connectivity index (χ4v) is 1.48. The Morgan fingerprint density at radius 2 is 2.11 bits per heavy atom. The minimum absolute atomic E-state index is 0.0111. The molecule has 1 rings (SSSR count). The van der Waals surface area contributed by atoms with E-state index in [1.807, 2.05) is 6.92 Å². The summed E-state index contributed by atoms with van der Waals surface area (Å²) < 4.78 is 5.19. The van der Waals surface area contributed by atoms with Crippen LogP contribution in [0.5, 0.6) is 0 Å². The Morgan fingerprint density at radius 1 is 1.37 bits per heavy atom. The molecule has 0 unspecified atom stereocenters. The van der Waals surface area contributed by atoms with E-state index in [4.69, 9.17) is 15.6 Å². The third kappa shape index (κ3) is 4.97. The molecular formula is C13H18N2O4. The van der Waals surface area contributed by atoms with Crippen LogP contribution in [0.25, 0.3) is 0 Å². The molecular weight excluding hydrogens is 248 g/mol. The standard InChI is InChI=1S/C13H18N2O4/c1-2-6-19-7-5-12(16)15-11-8-9(14)3-4-10(11)13(17)18/h3-4,8H,2,5-7,14H2,1H3,(H,15,16)(H,17,18). The Morgan fingerprint density at radius 3 is 2.74 bits per heavy atom. The van der Waals surface area contributed by atoms with Gasteiger partial charge >= 0.3 is 5.97 Å². The van der Waals surface area contributed by atoms with E-state index in [0.29, 0.717) is 18.9 Å². The first-order chi connectivity index (χ1) is 9.04. The number of benzene rings is 1. The molecule has 1 amide bonds. The van der Waals surface area contributed by atoms with Gasteiger partial charge in [-0.25, -0.2) is 4.79 Å². The maximum atomic E-state index is 11.6. The van der Waals surface area contributed by atoms with Crippen molar-refractivity contribution < 1.29 is 19.4 Å². The third-order valence-electron chi connectivity index (χ3n) is 2.37. The van der Waals surface area contributed by atoms with E-state index in [-0.39, 0.29) is 23.6 Å². The molecule has 104 valence electrons. The molecule has 0 saturated carbocycles. The summed E-state index contributed by atoms with van der Waals surface area (Å²) in [4.78, 5) is 22.6. The molecule has 0 radical (unpaired) electrons. The zero-order valence-corrected chi connectivity index (χ0v) is 10.8. The minimum atomic E-state index is -1.11. The summed E-state index contributed by atoms with van der Waals surface area (Å²) >= 11 is 0. The lowest BCUT2D eigenvalue weighted by Gasteiger charge is -2.09. The fourth-order valence-electron chi connectivity index (χ4n) is 1.48. The van der Waals surface area contributed by atoms with Crippen LogP contribution in [0.2, 0.25) is 0 Å². The van der Waals surface area contributed by atoms with E-state index in [2.05, 4.69) is 5.32 Å². The van der Waals surface area contributed by atoms with Gasteiger partial charge in [-0.05, 0) is 24.6 Å². The largest absolute Gasteiger partial charge is 0.478 e. The lowest BCUT2D eigenvalue weighted by Crippen LogP contribution is -2.16. The molecule has 0 aliphatic heterocycles. The third-order valence-corrected chi connectivity index (χ3v) is 2.37. The first-order valence-corrected chi connectivity index (χ1v) is 6.05. The zero-order chi connectivity index (χ0) is 14.3.